The third kappa shape index (κ3) is 4.12. The van der Waals surface area contributed by atoms with E-state index in [0.29, 0.717) is 11.7 Å². The van der Waals surface area contributed by atoms with E-state index in [1.54, 1.807) is 30.2 Å². The van der Waals surface area contributed by atoms with Gasteiger partial charge in [-0.25, -0.2) is 9.67 Å². The fraction of sp³-hybridized carbons (Fsp3) is 0.333. The molecule has 0 spiro atoms. The van der Waals surface area contributed by atoms with Crippen LogP contribution >= 0.6 is 11.3 Å². The maximum Gasteiger partial charge on any atom is 0.297 e. The molecular weight excluding hydrogens is 460 g/mol. The number of nitrogens with zero attached hydrogens (tertiary/aromatic N) is 4. The molecule has 1 aliphatic rings. The van der Waals surface area contributed by atoms with Gasteiger partial charge in [0.15, 0.2) is 10.5 Å². The van der Waals surface area contributed by atoms with Crippen LogP contribution in [-0.4, -0.2) is 28.2 Å². The highest BCUT2D eigenvalue weighted by atomic mass is 32.1. The Bertz CT molecular complexity index is 1470. The molecule has 4 aromatic rings. The first kappa shape index (κ1) is 23.2. The molecule has 0 aliphatic heterocycles. The summed E-state index contributed by atoms with van der Waals surface area (Å²) in [5.41, 5.74) is 4.04. The molecule has 0 bridgehead atoms. The van der Waals surface area contributed by atoms with Crippen molar-refractivity contribution in [3.63, 3.8) is 0 Å². The smallest absolute Gasteiger partial charge is 0.297 e. The summed E-state index contributed by atoms with van der Waals surface area (Å²) in [6.45, 7) is 1.95. The van der Waals surface area contributed by atoms with E-state index in [1.807, 2.05) is 67.2 Å². The molecule has 1 fully saturated rings. The van der Waals surface area contributed by atoms with Crippen LogP contribution in [0.5, 0.6) is 11.5 Å². The van der Waals surface area contributed by atoms with Gasteiger partial charge in [-0.15, -0.1) is 11.3 Å². The van der Waals surface area contributed by atoms with Gasteiger partial charge in [0.2, 0.25) is 0 Å². The summed E-state index contributed by atoms with van der Waals surface area (Å²) >= 11 is 1.56. The summed E-state index contributed by atoms with van der Waals surface area (Å²) < 4.78 is 17.0. The zero-order chi connectivity index (χ0) is 24.5. The molecular formula is C27H30N4O3S. The highest BCUT2D eigenvalue weighted by Crippen LogP contribution is 2.38. The summed E-state index contributed by atoms with van der Waals surface area (Å²) in [5.74, 6) is 1.50. The highest BCUT2D eigenvalue weighted by molar-refractivity contribution is 7.07. The number of hydrogen-bond donors (Lipinski definition) is 0. The van der Waals surface area contributed by atoms with Crippen molar-refractivity contribution in [2.75, 3.05) is 14.2 Å². The summed E-state index contributed by atoms with van der Waals surface area (Å²) in [7, 11) is 5.23. The number of benzene rings is 2. The van der Waals surface area contributed by atoms with E-state index in [0.717, 1.165) is 51.8 Å². The van der Waals surface area contributed by atoms with Crippen LogP contribution in [0.2, 0.25) is 0 Å². The molecule has 35 heavy (non-hydrogen) atoms. The van der Waals surface area contributed by atoms with Gasteiger partial charge in [0, 0.05) is 30.1 Å². The van der Waals surface area contributed by atoms with E-state index in [9.17, 15) is 4.79 Å². The Labute approximate surface area is 208 Å². The molecule has 5 rings (SSSR count). The number of para-hydroxylation sites is 1. The Kier molecular flexibility index (Phi) is 6.38. The molecule has 2 aromatic heterocycles. The van der Waals surface area contributed by atoms with Crippen molar-refractivity contribution in [3.8, 4) is 28.4 Å². The lowest BCUT2D eigenvalue weighted by Gasteiger charge is -2.18. The van der Waals surface area contributed by atoms with Crippen molar-refractivity contribution in [1.82, 2.24) is 13.9 Å². The molecule has 0 saturated heterocycles. The Morgan fingerprint density at radius 1 is 1.03 bits per heavy atom. The van der Waals surface area contributed by atoms with Crippen LogP contribution in [0.15, 0.2) is 63.7 Å². The van der Waals surface area contributed by atoms with E-state index in [-0.39, 0.29) is 5.56 Å². The molecule has 1 aliphatic carbocycles. The lowest BCUT2D eigenvalue weighted by Crippen LogP contribution is -2.22. The molecule has 0 unspecified atom stereocenters. The average molecular weight is 491 g/mol. The van der Waals surface area contributed by atoms with Gasteiger partial charge in [0.25, 0.3) is 5.56 Å². The summed E-state index contributed by atoms with van der Waals surface area (Å²) in [5, 5.41) is 2.12. The van der Waals surface area contributed by atoms with Crippen molar-refractivity contribution < 1.29 is 9.47 Å². The van der Waals surface area contributed by atoms with Gasteiger partial charge in [-0.1, -0.05) is 31.0 Å². The molecule has 0 amide bonds. The Hall–Kier alpha value is -3.52. The third-order valence-electron chi connectivity index (χ3n) is 6.85. The highest BCUT2D eigenvalue weighted by Gasteiger charge is 2.24. The van der Waals surface area contributed by atoms with Crippen LogP contribution < -0.4 is 19.8 Å². The van der Waals surface area contributed by atoms with E-state index in [1.165, 1.54) is 12.8 Å². The molecule has 2 heterocycles. The first-order valence-corrected chi connectivity index (χ1v) is 12.7. The topological polar surface area (TPSA) is 62.7 Å². The molecule has 1 saturated carbocycles. The normalized spacial score (nSPS) is 14.6. The second-order valence-corrected chi connectivity index (χ2v) is 9.64. The van der Waals surface area contributed by atoms with Crippen molar-refractivity contribution in [2.24, 2.45) is 12.0 Å². The van der Waals surface area contributed by atoms with Gasteiger partial charge >= 0.3 is 0 Å². The number of ether oxygens (including phenoxy) is 2. The van der Waals surface area contributed by atoms with E-state index < -0.39 is 0 Å². The van der Waals surface area contributed by atoms with E-state index >= 15 is 0 Å². The van der Waals surface area contributed by atoms with Gasteiger partial charge < -0.3 is 14.0 Å². The molecule has 7 nitrogen and oxygen atoms in total. The molecule has 0 atom stereocenters. The van der Waals surface area contributed by atoms with Crippen molar-refractivity contribution in [2.45, 2.75) is 38.6 Å². The monoisotopic (exact) mass is 490 g/mol. The summed E-state index contributed by atoms with van der Waals surface area (Å²) in [6.07, 6.45) is 4.57. The van der Waals surface area contributed by atoms with Gasteiger partial charge in [-0.3, -0.25) is 9.48 Å². The molecule has 182 valence electrons. The fourth-order valence-electron chi connectivity index (χ4n) is 4.90. The van der Waals surface area contributed by atoms with Crippen molar-refractivity contribution in [1.29, 1.82) is 0 Å². The van der Waals surface area contributed by atoms with Crippen LogP contribution in [-0.2, 0) is 7.05 Å². The lowest BCUT2D eigenvalue weighted by atomic mass is 10.1. The number of thiazole rings is 1. The van der Waals surface area contributed by atoms with Crippen LogP contribution in [0.3, 0.4) is 0 Å². The lowest BCUT2D eigenvalue weighted by molar-refractivity contribution is 0.395. The maximum atomic E-state index is 13.5. The number of hydrogen-bond acceptors (Lipinski definition) is 5. The zero-order valence-corrected chi connectivity index (χ0v) is 21.3. The minimum absolute atomic E-state index is 0.119. The van der Waals surface area contributed by atoms with E-state index in [4.69, 9.17) is 14.5 Å². The zero-order valence-electron chi connectivity index (χ0n) is 20.5. The Morgan fingerprint density at radius 3 is 2.46 bits per heavy atom. The molecule has 0 radical (unpaired) electrons. The molecule has 2 aromatic carbocycles. The average Bonchev–Trinajstić information content (AvgIpc) is 3.60. The van der Waals surface area contributed by atoms with Crippen molar-refractivity contribution >= 4 is 17.0 Å². The SMILES string of the molecule is COc1ccc(-c2csc(=Nc3c(C)n(C)n(-c4ccccc4)c3=O)n2C2CCCC2)c(OC)c1. The Morgan fingerprint density at radius 2 is 1.77 bits per heavy atom. The van der Waals surface area contributed by atoms with Crippen LogP contribution in [0.25, 0.3) is 16.9 Å². The van der Waals surface area contributed by atoms with Gasteiger partial charge in [0.05, 0.1) is 31.3 Å². The molecule has 8 heteroatoms. The molecule has 0 N–H and O–H groups in total. The van der Waals surface area contributed by atoms with E-state index in [2.05, 4.69) is 9.95 Å². The summed E-state index contributed by atoms with van der Waals surface area (Å²) in [4.78, 5) is 19.3. The Balaban J connectivity index is 1.71. The van der Waals surface area contributed by atoms with Crippen molar-refractivity contribution in [3.05, 3.63) is 74.8 Å². The van der Waals surface area contributed by atoms with Crippen LogP contribution in [0.4, 0.5) is 5.69 Å². The van der Waals surface area contributed by atoms with Gasteiger partial charge in [-0.05, 0) is 44.0 Å². The minimum Gasteiger partial charge on any atom is -0.497 e. The second kappa shape index (κ2) is 9.62. The van der Waals surface area contributed by atoms with Crippen LogP contribution in [0, 0.1) is 6.92 Å². The largest absolute Gasteiger partial charge is 0.497 e. The fourth-order valence-corrected chi connectivity index (χ4v) is 5.87. The quantitative estimate of drug-likeness (QED) is 0.365. The number of methoxy groups -OCH3 is 2. The summed E-state index contributed by atoms with van der Waals surface area (Å²) in [6, 6.07) is 15.9. The predicted molar refractivity (Wildman–Crippen MR) is 139 cm³/mol. The van der Waals surface area contributed by atoms with Gasteiger partial charge in [-0.2, -0.15) is 0 Å². The number of rotatable bonds is 6. The minimum atomic E-state index is -0.119. The second-order valence-electron chi connectivity index (χ2n) is 8.80. The number of aromatic nitrogens is 3. The van der Waals surface area contributed by atoms with Gasteiger partial charge in [0.1, 0.15) is 11.5 Å². The standard InChI is InChI=1S/C27H30N4O3S/c1-18-25(26(32)31(29(18)2)20-12-6-5-7-13-20)28-27-30(19-10-8-9-11-19)23(17-35-27)22-15-14-21(33-3)16-24(22)34-4/h5-7,12-17,19H,8-11H2,1-4H3. The first-order chi connectivity index (χ1) is 17.0. The maximum absolute atomic E-state index is 13.5. The van der Waals surface area contributed by atoms with Crippen LogP contribution in [0.1, 0.15) is 37.4 Å². The predicted octanol–water partition coefficient (Wildman–Crippen LogP) is 5.38. The first-order valence-electron chi connectivity index (χ1n) is 11.8. The third-order valence-corrected chi connectivity index (χ3v) is 7.69.